The zero-order valence-electron chi connectivity index (χ0n) is 9.37. The van der Waals surface area contributed by atoms with Gasteiger partial charge in [0.25, 0.3) is 0 Å². The highest BCUT2D eigenvalue weighted by Gasteiger charge is 2.21. The number of aliphatic hydroxyl groups is 1. The maximum atomic E-state index is 13.4. The fourth-order valence-corrected chi connectivity index (χ4v) is 1.80. The number of rotatable bonds is 4. The second kappa shape index (κ2) is 5.97. The maximum Gasteiger partial charge on any atom is 0.339 e. The number of ether oxygens (including phenoxy) is 1. The molecule has 0 fully saturated rings. The standard InChI is InChI=1S/C11H12F2O3S/c1-3-16-11(15)9(14)6-4-7(12)10(17-2)8(13)5-6/h4-5,9,14H,3H2,1-2H3. The first kappa shape index (κ1) is 13.9. The maximum absolute atomic E-state index is 13.4. The van der Waals surface area contributed by atoms with Crippen LogP contribution in [-0.4, -0.2) is 23.9 Å². The van der Waals surface area contributed by atoms with Crippen LogP contribution in [0.25, 0.3) is 0 Å². The first-order valence-electron chi connectivity index (χ1n) is 4.88. The van der Waals surface area contributed by atoms with E-state index in [1.807, 2.05) is 0 Å². The Balaban J connectivity index is 3.04. The molecule has 0 aliphatic heterocycles. The summed E-state index contributed by atoms with van der Waals surface area (Å²) in [5.74, 6) is -2.55. The lowest BCUT2D eigenvalue weighted by Crippen LogP contribution is -2.16. The molecule has 0 heterocycles. The number of benzene rings is 1. The van der Waals surface area contributed by atoms with Crippen LogP contribution in [0.15, 0.2) is 17.0 Å². The average Bonchev–Trinajstić information content (AvgIpc) is 2.27. The van der Waals surface area contributed by atoms with Crippen LogP contribution in [0.4, 0.5) is 8.78 Å². The number of aliphatic hydroxyl groups excluding tert-OH is 1. The molecule has 94 valence electrons. The summed E-state index contributed by atoms with van der Waals surface area (Å²) < 4.78 is 31.3. The van der Waals surface area contributed by atoms with Gasteiger partial charge in [0, 0.05) is 0 Å². The summed E-state index contributed by atoms with van der Waals surface area (Å²) in [6, 6.07) is 1.85. The average molecular weight is 262 g/mol. The minimum Gasteiger partial charge on any atom is -0.464 e. The van der Waals surface area contributed by atoms with Crippen molar-refractivity contribution < 1.29 is 23.4 Å². The van der Waals surface area contributed by atoms with E-state index in [4.69, 9.17) is 0 Å². The highest BCUT2D eigenvalue weighted by atomic mass is 32.2. The number of halogens is 2. The molecule has 0 saturated carbocycles. The fourth-order valence-electron chi connectivity index (χ4n) is 1.29. The summed E-state index contributed by atoms with van der Waals surface area (Å²) >= 11 is 0.913. The molecule has 1 aromatic rings. The molecule has 0 aliphatic carbocycles. The predicted molar refractivity (Wildman–Crippen MR) is 59.7 cm³/mol. The van der Waals surface area contributed by atoms with Crippen molar-refractivity contribution in [3.8, 4) is 0 Å². The van der Waals surface area contributed by atoms with Gasteiger partial charge >= 0.3 is 5.97 Å². The third kappa shape index (κ3) is 3.17. The van der Waals surface area contributed by atoms with Crippen molar-refractivity contribution in [3.63, 3.8) is 0 Å². The van der Waals surface area contributed by atoms with Crippen LogP contribution in [0, 0.1) is 11.6 Å². The van der Waals surface area contributed by atoms with Crippen LogP contribution in [0.3, 0.4) is 0 Å². The van der Waals surface area contributed by atoms with Gasteiger partial charge < -0.3 is 9.84 Å². The Kier molecular flexibility index (Phi) is 4.89. The van der Waals surface area contributed by atoms with Crippen LogP contribution in [0.1, 0.15) is 18.6 Å². The van der Waals surface area contributed by atoms with Crippen LogP contribution < -0.4 is 0 Å². The van der Waals surface area contributed by atoms with E-state index >= 15 is 0 Å². The third-order valence-corrected chi connectivity index (χ3v) is 2.85. The molecule has 0 spiro atoms. The fraction of sp³-hybridized carbons (Fsp3) is 0.364. The van der Waals surface area contributed by atoms with Crippen molar-refractivity contribution in [3.05, 3.63) is 29.3 Å². The van der Waals surface area contributed by atoms with E-state index in [-0.39, 0.29) is 17.1 Å². The summed E-state index contributed by atoms with van der Waals surface area (Å²) in [6.45, 7) is 1.66. The van der Waals surface area contributed by atoms with Gasteiger partial charge in [-0.2, -0.15) is 0 Å². The Morgan fingerprint density at radius 1 is 1.47 bits per heavy atom. The van der Waals surface area contributed by atoms with Gasteiger partial charge in [0.15, 0.2) is 6.10 Å². The van der Waals surface area contributed by atoms with E-state index in [0.29, 0.717) is 0 Å². The molecular weight excluding hydrogens is 250 g/mol. The molecule has 1 aromatic carbocycles. The van der Waals surface area contributed by atoms with Crippen LogP contribution in [0.2, 0.25) is 0 Å². The highest BCUT2D eigenvalue weighted by Crippen LogP contribution is 2.27. The topological polar surface area (TPSA) is 46.5 Å². The third-order valence-electron chi connectivity index (χ3n) is 2.05. The Labute approximate surface area is 102 Å². The lowest BCUT2D eigenvalue weighted by atomic mass is 10.1. The Hall–Kier alpha value is -1.14. The molecule has 1 atom stereocenters. The van der Waals surface area contributed by atoms with Gasteiger partial charge in [0.2, 0.25) is 0 Å². The van der Waals surface area contributed by atoms with Crippen molar-refractivity contribution in [2.45, 2.75) is 17.9 Å². The number of carbonyl (C=O) groups excluding carboxylic acids is 1. The second-order valence-corrected chi connectivity index (χ2v) is 3.99. The first-order chi connectivity index (χ1) is 8.01. The molecule has 0 aromatic heterocycles. The summed E-state index contributed by atoms with van der Waals surface area (Å²) in [4.78, 5) is 11.0. The minimum absolute atomic E-state index is 0.0871. The van der Waals surface area contributed by atoms with Crippen LogP contribution >= 0.6 is 11.8 Å². The Morgan fingerprint density at radius 2 is 2.00 bits per heavy atom. The minimum atomic E-state index is -1.67. The smallest absolute Gasteiger partial charge is 0.339 e. The zero-order valence-corrected chi connectivity index (χ0v) is 10.2. The van der Waals surface area contributed by atoms with Crippen molar-refractivity contribution in [2.24, 2.45) is 0 Å². The quantitative estimate of drug-likeness (QED) is 0.668. The van der Waals surface area contributed by atoms with Gasteiger partial charge in [-0.25, -0.2) is 13.6 Å². The molecule has 17 heavy (non-hydrogen) atoms. The molecule has 6 heteroatoms. The molecule has 1 unspecified atom stereocenters. The number of thioether (sulfide) groups is 1. The summed E-state index contributed by atoms with van der Waals surface area (Å²) in [5.41, 5.74) is -0.156. The van der Waals surface area contributed by atoms with Crippen molar-refractivity contribution >= 4 is 17.7 Å². The Morgan fingerprint density at radius 3 is 2.41 bits per heavy atom. The number of carbonyl (C=O) groups is 1. The SMILES string of the molecule is CCOC(=O)C(O)c1cc(F)c(SC)c(F)c1. The van der Waals surface area contributed by atoms with Gasteiger partial charge in [0.05, 0.1) is 11.5 Å². The summed E-state index contributed by atoms with van der Waals surface area (Å²) in [7, 11) is 0. The molecule has 1 N–H and O–H groups in total. The largest absolute Gasteiger partial charge is 0.464 e. The van der Waals surface area contributed by atoms with Crippen LogP contribution in [0.5, 0.6) is 0 Å². The zero-order chi connectivity index (χ0) is 13.0. The van der Waals surface area contributed by atoms with Gasteiger partial charge in [-0.3, -0.25) is 0 Å². The lowest BCUT2D eigenvalue weighted by molar-refractivity contribution is -0.153. The molecule has 0 saturated heterocycles. The first-order valence-corrected chi connectivity index (χ1v) is 6.11. The van der Waals surface area contributed by atoms with E-state index in [9.17, 15) is 18.7 Å². The van der Waals surface area contributed by atoms with Gasteiger partial charge in [-0.15, -0.1) is 11.8 Å². The molecule has 0 amide bonds. The number of hydrogen-bond donors (Lipinski definition) is 1. The number of hydrogen-bond acceptors (Lipinski definition) is 4. The number of esters is 1. The molecule has 0 aliphatic rings. The highest BCUT2D eigenvalue weighted by molar-refractivity contribution is 7.98. The van der Waals surface area contributed by atoms with E-state index in [0.717, 1.165) is 23.9 Å². The van der Waals surface area contributed by atoms with Gasteiger partial charge in [0.1, 0.15) is 11.6 Å². The lowest BCUT2D eigenvalue weighted by Gasteiger charge is -2.11. The van der Waals surface area contributed by atoms with E-state index in [1.165, 1.54) is 6.26 Å². The molecule has 0 radical (unpaired) electrons. The normalized spacial score (nSPS) is 12.3. The van der Waals surface area contributed by atoms with Crippen LogP contribution in [-0.2, 0) is 9.53 Å². The van der Waals surface area contributed by atoms with E-state index < -0.39 is 23.7 Å². The molecule has 1 rings (SSSR count). The second-order valence-electron chi connectivity index (χ2n) is 3.17. The molecule has 0 bridgehead atoms. The monoisotopic (exact) mass is 262 g/mol. The molecule has 3 nitrogen and oxygen atoms in total. The predicted octanol–water partition coefficient (Wildman–Crippen LogP) is 2.28. The van der Waals surface area contributed by atoms with Crippen molar-refractivity contribution in [1.29, 1.82) is 0 Å². The Bertz CT molecular complexity index is 400. The molecular formula is C11H12F2O3S. The summed E-state index contributed by atoms with van der Waals surface area (Å²) in [6.07, 6.45) is -0.141. The van der Waals surface area contributed by atoms with E-state index in [1.54, 1.807) is 6.92 Å². The van der Waals surface area contributed by atoms with Gasteiger partial charge in [-0.1, -0.05) is 0 Å². The van der Waals surface area contributed by atoms with Gasteiger partial charge in [-0.05, 0) is 30.9 Å². The van der Waals surface area contributed by atoms with Crippen molar-refractivity contribution in [1.82, 2.24) is 0 Å². The van der Waals surface area contributed by atoms with E-state index in [2.05, 4.69) is 4.74 Å². The summed E-state index contributed by atoms with van der Waals surface area (Å²) in [5, 5.41) is 9.52. The van der Waals surface area contributed by atoms with Crippen molar-refractivity contribution in [2.75, 3.05) is 12.9 Å².